The second-order valence-corrected chi connectivity index (χ2v) is 9.64. The number of amides is 2. The molecule has 0 radical (unpaired) electrons. The molecule has 3 aromatic rings. The van der Waals surface area contributed by atoms with E-state index < -0.39 is 11.3 Å². The Kier molecular flexibility index (Phi) is 6.24. The summed E-state index contributed by atoms with van der Waals surface area (Å²) in [6.45, 7) is 0.683. The van der Waals surface area contributed by atoms with Crippen molar-refractivity contribution in [3.8, 4) is 11.1 Å². The molecule has 0 unspecified atom stereocenters. The van der Waals surface area contributed by atoms with Crippen LogP contribution in [0.25, 0.3) is 11.1 Å². The summed E-state index contributed by atoms with van der Waals surface area (Å²) < 4.78 is 0. The molecule has 1 atom stereocenters. The summed E-state index contributed by atoms with van der Waals surface area (Å²) in [5, 5.41) is 0. The highest BCUT2D eigenvalue weighted by atomic mass is 16.2. The lowest BCUT2D eigenvalue weighted by Crippen LogP contribution is -2.48. The molecule has 7 heteroatoms. The molecule has 1 aliphatic carbocycles. The second-order valence-electron chi connectivity index (χ2n) is 9.64. The van der Waals surface area contributed by atoms with Gasteiger partial charge in [0.05, 0.1) is 17.2 Å². The number of carbonyl (C=O) groups excluding carboxylic acids is 2. The van der Waals surface area contributed by atoms with Gasteiger partial charge in [-0.15, -0.1) is 0 Å². The number of anilines is 1. The van der Waals surface area contributed by atoms with E-state index in [9.17, 15) is 9.59 Å². The number of rotatable bonds is 5. The lowest BCUT2D eigenvalue weighted by molar-refractivity contribution is -0.140. The van der Waals surface area contributed by atoms with Crippen molar-refractivity contribution in [1.29, 1.82) is 0 Å². The molecule has 2 aromatic carbocycles. The van der Waals surface area contributed by atoms with Gasteiger partial charge in [-0.25, -0.2) is 9.97 Å². The number of hydrogen-bond acceptors (Lipinski definition) is 5. The van der Waals surface area contributed by atoms with Crippen molar-refractivity contribution in [1.82, 2.24) is 14.9 Å². The van der Waals surface area contributed by atoms with Gasteiger partial charge in [-0.1, -0.05) is 61.7 Å². The molecular formula is C28H31N5O2. The molecule has 2 fully saturated rings. The summed E-state index contributed by atoms with van der Waals surface area (Å²) in [6.07, 6.45) is 8.36. The zero-order valence-electron chi connectivity index (χ0n) is 19.8. The van der Waals surface area contributed by atoms with E-state index in [0.717, 1.165) is 67.3 Å². The number of nitrogens with zero attached hydrogens (tertiary/aromatic N) is 3. The molecule has 2 aliphatic rings. The summed E-state index contributed by atoms with van der Waals surface area (Å²) in [5.41, 5.74) is 14.8. The average Bonchev–Trinajstić information content (AvgIpc) is 3.39. The Morgan fingerprint density at radius 2 is 1.74 bits per heavy atom. The highest BCUT2D eigenvalue weighted by Crippen LogP contribution is 2.45. The maximum atomic E-state index is 14.4. The van der Waals surface area contributed by atoms with Crippen LogP contribution in [0.2, 0.25) is 0 Å². The van der Waals surface area contributed by atoms with Crippen LogP contribution in [0.15, 0.2) is 60.8 Å². The SMILES string of the molecule is NC(=O)c1cccc(-c2cnc(N)nc2[C@@H]2CCCN2C(=O)C2(c3ccccc3)CCCCC2)c1. The van der Waals surface area contributed by atoms with Gasteiger partial charge in [0.15, 0.2) is 0 Å². The van der Waals surface area contributed by atoms with Crippen molar-refractivity contribution in [2.45, 2.75) is 56.4 Å². The molecule has 7 nitrogen and oxygen atoms in total. The molecule has 1 aliphatic heterocycles. The number of likely N-dealkylation sites (tertiary alicyclic amines) is 1. The van der Waals surface area contributed by atoms with Crippen LogP contribution in [0.5, 0.6) is 0 Å². The fourth-order valence-corrected chi connectivity index (χ4v) is 5.83. The summed E-state index contributed by atoms with van der Waals surface area (Å²) in [5.74, 6) is -0.144. The maximum absolute atomic E-state index is 14.4. The number of carbonyl (C=O) groups is 2. The highest BCUT2D eigenvalue weighted by molar-refractivity contribution is 5.94. The quantitative estimate of drug-likeness (QED) is 0.575. The second kappa shape index (κ2) is 9.49. The van der Waals surface area contributed by atoms with Crippen molar-refractivity contribution in [2.24, 2.45) is 5.73 Å². The Bertz CT molecular complexity index is 1240. The van der Waals surface area contributed by atoms with Crippen molar-refractivity contribution >= 4 is 17.8 Å². The van der Waals surface area contributed by atoms with E-state index in [1.54, 1.807) is 24.4 Å². The minimum atomic E-state index is -0.507. The van der Waals surface area contributed by atoms with E-state index >= 15 is 0 Å². The van der Waals surface area contributed by atoms with E-state index in [-0.39, 0.29) is 17.9 Å². The first-order chi connectivity index (χ1) is 17.0. The molecule has 5 rings (SSSR count). The Balaban J connectivity index is 1.56. The number of benzene rings is 2. The summed E-state index contributed by atoms with van der Waals surface area (Å²) >= 11 is 0. The van der Waals surface area contributed by atoms with Gasteiger partial charge in [0.1, 0.15) is 0 Å². The monoisotopic (exact) mass is 469 g/mol. The fraction of sp³-hybridized carbons (Fsp3) is 0.357. The van der Waals surface area contributed by atoms with Gasteiger partial charge in [0.2, 0.25) is 17.8 Å². The van der Waals surface area contributed by atoms with Crippen LogP contribution in [0, 0.1) is 0 Å². The van der Waals surface area contributed by atoms with Gasteiger partial charge in [-0.3, -0.25) is 9.59 Å². The van der Waals surface area contributed by atoms with E-state index in [1.807, 2.05) is 29.2 Å². The molecule has 35 heavy (non-hydrogen) atoms. The van der Waals surface area contributed by atoms with Crippen LogP contribution in [0.1, 0.15) is 72.6 Å². The fourth-order valence-electron chi connectivity index (χ4n) is 5.83. The van der Waals surface area contributed by atoms with Gasteiger partial charge in [0.25, 0.3) is 0 Å². The molecule has 180 valence electrons. The predicted octanol–water partition coefficient (Wildman–Crippen LogP) is 4.39. The third-order valence-corrected chi connectivity index (χ3v) is 7.57. The molecular weight excluding hydrogens is 438 g/mol. The number of nitrogens with two attached hydrogens (primary N) is 2. The number of aromatic nitrogens is 2. The normalized spacial score (nSPS) is 19.4. The van der Waals surface area contributed by atoms with Gasteiger partial charge in [0, 0.05) is 23.9 Å². The van der Waals surface area contributed by atoms with Crippen LogP contribution in [0.3, 0.4) is 0 Å². The van der Waals surface area contributed by atoms with Gasteiger partial charge >= 0.3 is 0 Å². The van der Waals surface area contributed by atoms with E-state index in [0.29, 0.717) is 12.1 Å². The Morgan fingerprint density at radius 1 is 0.971 bits per heavy atom. The van der Waals surface area contributed by atoms with Crippen molar-refractivity contribution in [3.63, 3.8) is 0 Å². The van der Waals surface area contributed by atoms with Gasteiger partial charge < -0.3 is 16.4 Å². The van der Waals surface area contributed by atoms with Crippen molar-refractivity contribution in [2.75, 3.05) is 12.3 Å². The minimum Gasteiger partial charge on any atom is -0.368 e. The first kappa shape index (κ1) is 23.0. The molecule has 2 heterocycles. The highest BCUT2D eigenvalue weighted by Gasteiger charge is 2.46. The number of nitrogen functional groups attached to an aromatic ring is 1. The summed E-state index contributed by atoms with van der Waals surface area (Å²) in [7, 11) is 0. The third kappa shape index (κ3) is 4.27. The van der Waals surface area contributed by atoms with Crippen molar-refractivity contribution in [3.05, 3.63) is 77.6 Å². The van der Waals surface area contributed by atoms with Gasteiger partial charge in [-0.2, -0.15) is 0 Å². The Labute approximate surface area is 205 Å². The summed E-state index contributed by atoms with van der Waals surface area (Å²) in [4.78, 5) is 37.0. The standard InChI is InChI=1S/C28H31N5O2/c29-25(34)20-10-7-9-19(17-20)22-18-31-27(30)32-24(22)23-13-8-16-33(23)26(35)28(14-5-2-6-15-28)21-11-3-1-4-12-21/h1,3-4,7,9-12,17-18,23H,2,5-6,8,13-16H2,(H2,29,34)(H2,30,31,32)/t23-/m0/s1. The average molecular weight is 470 g/mol. The molecule has 1 saturated heterocycles. The minimum absolute atomic E-state index is 0.171. The predicted molar refractivity (Wildman–Crippen MR) is 135 cm³/mol. The van der Waals surface area contributed by atoms with E-state index in [4.69, 9.17) is 11.5 Å². The summed E-state index contributed by atoms with van der Waals surface area (Å²) in [6, 6.07) is 17.1. The lowest BCUT2D eigenvalue weighted by Gasteiger charge is -2.41. The first-order valence-electron chi connectivity index (χ1n) is 12.4. The number of primary amides is 1. The Morgan fingerprint density at radius 3 is 2.49 bits per heavy atom. The molecule has 1 aromatic heterocycles. The molecule has 2 amide bonds. The van der Waals surface area contributed by atoms with E-state index in [1.165, 1.54) is 0 Å². The van der Waals surface area contributed by atoms with Crippen LogP contribution >= 0.6 is 0 Å². The smallest absolute Gasteiger partial charge is 0.248 e. The zero-order valence-corrected chi connectivity index (χ0v) is 19.8. The van der Waals surface area contributed by atoms with Gasteiger partial charge in [-0.05, 0) is 48.9 Å². The largest absolute Gasteiger partial charge is 0.368 e. The molecule has 0 spiro atoms. The number of hydrogen-bond donors (Lipinski definition) is 2. The molecule has 1 saturated carbocycles. The third-order valence-electron chi connectivity index (χ3n) is 7.57. The Hall–Kier alpha value is -3.74. The maximum Gasteiger partial charge on any atom is 0.248 e. The van der Waals surface area contributed by atoms with E-state index in [2.05, 4.69) is 22.1 Å². The first-order valence-corrected chi connectivity index (χ1v) is 12.4. The van der Waals surface area contributed by atoms with Crippen LogP contribution in [-0.4, -0.2) is 33.2 Å². The van der Waals surface area contributed by atoms with Crippen molar-refractivity contribution < 1.29 is 9.59 Å². The molecule has 4 N–H and O–H groups in total. The van der Waals surface area contributed by atoms with Crippen LogP contribution < -0.4 is 11.5 Å². The van der Waals surface area contributed by atoms with Crippen LogP contribution in [-0.2, 0) is 10.2 Å². The van der Waals surface area contributed by atoms with Crippen LogP contribution in [0.4, 0.5) is 5.95 Å². The lowest BCUT2D eigenvalue weighted by atomic mass is 9.68. The zero-order chi connectivity index (χ0) is 24.4. The topological polar surface area (TPSA) is 115 Å². The molecule has 0 bridgehead atoms.